The van der Waals surface area contributed by atoms with Crippen LogP contribution >= 0.6 is 15.9 Å². The summed E-state index contributed by atoms with van der Waals surface area (Å²) in [5, 5.41) is 19.9. The van der Waals surface area contributed by atoms with Crippen molar-refractivity contribution in [1.29, 1.82) is 0 Å². The van der Waals surface area contributed by atoms with E-state index in [-0.39, 0.29) is 11.6 Å². The molecule has 102 valence electrons. The minimum Gasteiger partial charge on any atom is -0.481 e. The predicted molar refractivity (Wildman–Crippen MR) is 71.1 cm³/mol. The third-order valence-corrected chi connectivity index (χ3v) is 3.75. The van der Waals surface area contributed by atoms with Gasteiger partial charge >= 0.3 is 11.7 Å². The van der Waals surface area contributed by atoms with Crippen molar-refractivity contribution in [2.75, 3.05) is 18.0 Å². The highest BCUT2D eigenvalue weighted by Gasteiger charge is 2.37. The summed E-state index contributed by atoms with van der Waals surface area (Å²) in [5.74, 6) is -1.00. The third kappa shape index (κ3) is 2.67. The van der Waals surface area contributed by atoms with Gasteiger partial charge in [-0.05, 0) is 15.9 Å². The maximum atomic E-state index is 11.0. The molecule has 2 heterocycles. The van der Waals surface area contributed by atoms with E-state index in [4.69, 9.17) is 5.11 Å². The second kappa shape index (κ2) is 5.12. The summed E-state index contributed by atoms with van der Waals surface area (Å²) in [5.41, 5.74) is -0.0733. The molecule has 1 atom stereocenters. The summed E-state index contributed by atoms with van der Waals surface area (Å²) in [7, 11) is 0. The molecule has 0 amide bonds. The van der Waals surface area contributed by atoms with Crippen LogP contribution in [0.15, 0.2) is 16.7 Å². The quantitative estimate of drug-likeness (QED) is 0.669. The summed E-state index contributed by atoms with van der Waals surface area (Å²) in [6, 6.07) is 1.40. The number of pyridine rings is 1. The lowest BCUT2D eigenvalue weighted by Crippen LogP contribution is -2.51. The topological polar surface area (TPSA) is 96.6 Å². The SMILES string of the molecule is CC(C(=O)O)C1CN(c2ncc(Br)cc2[N+](=O)[O-])C1. The summed E-state index contributed by atoms with van der Waals surface area (Å²) in [6.07, 6.45) is 1.50. The summed E-state index contributed by atoms with van der Waals surface area (Å²) < 4.78 is 0.541. The molecule has 0 bridgehead atoms. The lowest BCUT2D eigenvalue weighted by molar-refractivity contribution is -0.384. The van der Waals surface area contributed by atoms with Crippen molar-refractivity contribution in [3.05, 3.63) is 26.9 Å². The molecular formula is C11H12BrN3O4. The van der Waals surface area contributed by atoms with Gasteiger partial charge in [-0.15, -0.1) is 0 Å². The Labute approximate surface area is 117 Å². The van der Waals surface area contributed by atoms with E-state index >= 15 is 0 Å². The van der Waals surface area contributed by atoms with E-state index < -0.39 is 16.8 Å². The van der Waals surface area contributed by atoms with Crippen LogP contribution in [0.4, 0.5) is 11.5 Å². The number of rotatable bonds is 4. The zero-order chi connectivity index (χ0) is 14.2. The first-order chi connectivity index (χ1) is 8.90. The molecule has 1 aliphatic heterocycles. The molecule has 1 aliphatic rings. The van der Waals surface area contributed by atoms with E-state index in [9.17, 15) is 14.9 Å². The number of hydrogen-bond acceptors (Lipinski definition) is 5. The average Bonchev–Trinajstić information content (AvgIpc) is 2.28. The lowest BCUT2D eigenvalue weighted by Gasteiger charge is -2.41. The number of anilines is 1. The first-order valence-corrected chi connectivity index (χ1v) is 6.47. The Bertz CT molecular complexity index is 531. The monoisotopic (exact) mass is 329 g/mol. The molecule has 0 radical (unpaired) electrons. The Morgan fingerprint density at radius 3 is 2.84 bits per heavy atom. The highest BCUT2D eigenvalue weighted by Crippen LogP contribution is 2.35. The van der Waals surface area contributed by atoms with Crippen molar-refractivity contribution in [2.45, 2.75) is 6.92 Å². The van der Waals surface area contributed by atoms with E-state index in [2.05, 4.69) is 20.9 Å². The molecule has 2 rings (SSSR count). The average molecular weight is 330 g/mol. The Morgan fingerprint density at radius 1 is 1.68 bits per heavy atom. The van der Waals surface area contributed by atoms with Crippen LogP contribution in [-0.2, 0) is 4.79 Å². The van der Waals surface area contributed by atoms with Crippen molar-refractivity contribution >= 4 is 33.4 Å². The Kier molecular flexibility index (Phi) is 3.70. The zero-order valence-electron chi connectivity index (χ0n) is 10.1. The van der Waals surface area contributed by atoms with Crippen LogP contribution < -0.4 is 4.90 Å². The van der Waals surface area contributed by atoms with E-state index in [0.29, 0.717) is 23.4 Å². The van der Waals surface area contributed by atoms with E-state index in [0.717, 1.165) is 0 Å². The van der Waals surface area contributed by atoms with Crippen molar-refractivity contribution in [1.82, 2.24) is 4.98 Å². The van der Waals surface area contributed by atoms with Crippen LogP contribution in [0.25, 0.3) is 0 Å². The molecule has 1 aromatic rings. The van der Waals surface area contributed by atoms with Gasteiger partial charge in [0.15, 0.2) is 0 Å². The first kappa shape index (κ1) is 13.7. The largest absolute Gasteiger partial charge is 0.481 e. The highest BCUT2D eigenvalue weighted by molar-refractivity contribution is 9.10. The molecule has 0 spiro atoms. The maximum Gasteiger partial charge on any atom is 0.312 e. The molecule has 1 saturated heterocycles. The number of aromatic nitrogens is 1. The number of aliphatic carboxylic acids is 1. The van der Waals surface area contributed by atoms with Crippen LogP contribution in [-0.4, -0.2) is 34.1 Å². The molecule has 1 aromatic heterocycles. The van der Waals surface area contributed by atoms with Gasteiger partial charge in [0.25, 0.3) is 0 Å². The third-order valence-electron chi connectivity index (χ3n) is 3.32. The van der Waals surface area contributed by atoms with Crippen LogP contribution in [0.2, 0.25) is 0 Å². The van der Waals surface area contributed by atoms with Crippen molar-refractivity contribution in [3.63, 3.8) is 0 Å². The zero-order valence-corrected chi connectivity index (χ0v) is 11.7. The second-order valence-electron chi connectivity index (χ2n) is 4.55. The smallest absolute Gasteiger partial charge is 0.312 e. The summed E-state index contributed by atoms with van der Waals surface area (Å²) in [6.45, 7) is 2.60. The van der Waals surface area contributed by atoms with Crippen LogP contribution in [0.3, 0.4) is 0 Å². The van der Waals surface area contributed by atoms with Gasteiger partial charge < -0.3 is 10.0 Å². The molecular weight excluding hydrogens is 318 g/mol. The molecule has 1 N–H and O–H groups in total. The highest BCUT2D eigenvalue weighted by atomic mass is 79.9. The van der Waals surface area contributed by atoms with Gasteiger partial charge in [-0.1, -0.05) is 6.92 Å². The number of carbonyl (C=O) groups is 1. The van der Waals surface area contributed by atoms with E-state index in [1.807, 2.05) is 0 Å². The Morgan fingerprint density at radius 2 is 2.32 bits per heavy atom. The van der Waals surface area contributed by atoms with Gasteiger partial charge in [-0.2, -0.15) is 0 Å². The number of nitro groups is 1. The Balaban J connectivity index is 2.14. The number of halogens is 1. The van der Waals surface area contributed by atoms with Gasteiger partial charge in [0.2, 0.25) is 5.82 Å². The minimum absolute atomic E-state index is 0.00236. The second-order valence-corrected chi connectivity index (χ2v) is 5.46. The van der Waals surface area contributed by atoms with Gasteiger partial charge in [0.05, 0.1) is 10.8 Å². The maximum absolute atomic E-state index is 11.0. The van der Waals surface area contributed by atoms with Gasteiger partial charge in [0, 0.05) is 35.7 Å². The number of carboxylic acid groups (broad SMARTS) is 1. The summed E-state index contributed by atoms with van der Waals surface area (Å²) >= 11 is 3.14. The molecule has 0 aromatic carbocycles. The van der Waals surface area contributed by atoms with Crippen LogP contribution in [0, 0.1) is 22.0 Å². The van der Waals surface area contributed by atoms with Gasteiger partial charge in [-0.3, -0.25) is 14.9 Å². The van der Waals surface area contributed by atoms with Crippen molar-refractivity contribution in [2.24, 2.45) is 11.8 Å². The minimum atomic E-state index is -0.845. The lowest BCUT2D eigenvalue weighted by atomic mass is 9.87. The summed E-state index contributed by atoms with van der Waals surface area (Å²) in [4.78, 5) is 27.1. The van der Waals surface area contributed by atoms with E-state index in [1.165, 1.54) is 12.3 Å². The van der Waals surface area contributed by atoms with Crippen molar-refractivity contribution < 1.29 is 14.8 Å². The fraction of sp³-hybridized carbons (Fsp3) is 0.455. The van der Waals surface area contributed by atoms with Crippen LogP contribution in [0.1, 0.15) is 6.92 Å². The normalized spacial score (nSPS) is 16.8. The molecule has 1 fully saturated rings. The first-order valence-electron chi connectivity index (χ1n) is 5.68. The van der Waals surface area contributed by atoms with Crippen molar-refractivity contribution in [3.8, 4) is 0 Å². The fourth-order valence-electron chi connectivity index (χ4n) is 2.00. The Hall–Kier alpha value is -1.70. The van der Waals surface area contributed by atoms with Gasteiger partial charge in [-0.25, -0.2) is 4.98 Å². The van der Waals surface area contributed by atoms with E-state index in [1.54, 1.807) is 11.8 Å². The number of nitrogens with zero attached hydrogens (tertiary/aromatic N) is 3. The standard InChI is InChI=1S/C11H12BrN3O4/c1-6(11(16)17)7-4-14(5-7)10-9(15(18)19)2-8(12)3-13-10/h2-3,6-7H,4-5H2,1H3,(H,16,17). The fourth-order valence-corrected chi connectivity index (χ4v) is 2.32. The molecule has 8 heteroatoms. The van der Waals surface area contributed by atoms with Crippen LogP contribution in [0.5, 0.6) is 0 Å². The molecule has 0 saturated carbocycles. The molecule has 0 aliphatic carbocycles. The molecule has 1 unspecified atom stereocenters. The predicted octanol–water partition coefficient (Wildman–Crippen LogP) is 1.91. The molecule has 7 nitrogen and oxygen atoms in total. The van der Waals surface area contributed by atoms with Gasteiger partial charge in [0.1, 0.15) is 0 Å². The number of carboxylic acids is 1. The number of hydrogen-bond donors (Lipinski definition) is 1. The molecule has 19 heavy (non-hydrogen) atoms.